The lowest BCUT2D eigenvalue weighted by atomic mass is 9.94. The second-order valence-electron chi connectivity index (χ2n) is 10.6. The van der Waals surface area contributed by atoms with Crippen LogP contribution in [0.5, 0.6) is 17.2 Å². The van der Waals surface area contributed by atoms with Crippen molar-refractivity contribution in [2.24, 2.45) is 4.99 Å². The molecule has 1 atom stereocenters. The predicted octanol–water partition coefficient (Wildman–Crippen LogP) is 6.37. The molecule has 0 bridgehead atoms. The lowest BCUT2D eigenvalue weighted by molar-refractivity contribution is -0.113. The van der Waals surface area contributed by atoms with E-state index in [1.807, 2.05) is 30.3 Å². The molecule has 4 aromatic carbocycles. The molecule has 0 aliphatic carbocycles. The van der Waals surface area contributed by atoms with Gasteiger partial charge in [-0.15, -0.1) is 0 Å². The average Bonchev–Trinajstić information content (AvgIpc) is 3.38. The van der Waals surface area contributed by atoms with Gasteiger partial charge in [0.2, 0.25) is 0 Å². The number of nitrogens with zero attached hydrogens (tertiary/aromatic N) is 2. The maximum Gasteiger partial charge on any atom is 0.271 e. The lowest BCUT2D eigenvalue weighted by Crippen LogP contribution is -2.40. The van der Waals surface area contributed by atoms with Crippen molar-refractivity contribution in [1.29, 1.82) is 0 Å². The number of benzene rings is 4. The number of hydrogen-bond donors (Lipinski definition) is 1. The van der Waals surface area contributed by atoms with Crippen molar-refractivity contribution in [3.05, 3.63) is 149 Å². The van der Waals surface area contributed by atoms with E-state index >= 15 is 0 Å². The highest BCUT2D eigenvalue weighted by atomic mass is 79.9. The Kier molecular flexibility index (Phi) is 9.37. The van der Waals surface area contributed by atoms with Crippen LogP contribution in [0.2, 0.25) is 0 Å². The predicted molar refractivity (Wildman–Crippen MR) is 183 cm³/mol. The zero-order valence-electron chi connectivity index (χ0n) is 25.6. The zero-order valence-corrected chi connectivity index (χ0v) is 28.0. The molecule has 11 heteroatoms. The summed E-state index contributed by atoms with van der Waals surface area (Å²) < 4.78 is 33.0. The van der Waals surface area contributed by atoms with Gasteiger partial charge in [0, 0.05) is 17.3 Å². The number of fused-ring (bicyclic) bond motifs is 1. The maximum atomic E-state index is 14.2. The van der Waals surface area contributed by atoms with Crippen LogP contribution in [0.4, 0.5) is 10.1 Å². The van der Waals surface area contributed by atoms with Crippen LogP contribution >= 0.6 is 27.3 Å². The van der Waals surface area contributed by atoms with Crippen molar-refractivity contribution in [2.45, 2.75) is 19.6 Å². The summed E-state index contributed by atoms with van der Waals surface area (Å²) in [7, 11) is 3.09. The van der Waals surface area contributed by atoms with E-state index in [0.717, 1.165) is 11.1 Å². The third-order valence-corrected chi connectivity index (χ3v) is 9.20. The van der Waals surface area contributed by atoms with Crippen molar-refractivity contribution in [3.8, 4) is 17.2 Å². The van der Waals surface area contributed by atoms with Crippen LogP contribution in [0.15, 0.2) is 117 Å². The molecule has 0 saturated carbocycles. The fraction of sp³-hybridized carbons (Fsp3) is 0.139. The first kappa shape index (κ1) is 32.0. The van der Waals surface area contributed by atoms with Crippen LogP contribution in [0.3, 0.4) is 0 Å². The number of ether oxygens (including phenoxy) is 3. The Morgan fingerprint density at radius 1 is 1.00 bits per heavy atom. The molecule has 1 N–H and O–H groups in total. The molecule has 2 heterocycles. The summed E-state index contributed by atoms with van der Waals surface area (Å²) in [6.07, 6.45) is 1.78. The van der Waals surface area contributed by atoms with E-state index in [1.165, 1.54) is 30.6 Å². The quantitative estimate of drug-likeness (QED) is 0.192. The van der Waals surface area contributed by atoms with Crippen molar-refractivity contribution in [1.82, 2.24) is 4.57 Å². The number of hydrogen-bond acceptors (Lipinski definition) is 7. The smallest absolute Gasteiger partial charge is 0.271 e. The lowest BCUT2D eigenvalue weighted by Gasteiger charge is -2.26. The molecule has 1 aliphatic rings. The number of halogens is 2. The summed E-state index contributed by atoms with van der Waals surface area (Å²) in [4.78, 5) is 33.3. The van der Waals surface area contributed by atoms with Crippen LogP contribution in [0.25, 0.3) is 6.08 Å². The van der Waals surface area contributed by atoms with Crippen molar-refractivity contribution < 1.29 is 23.4 Å². The Labute approximate surface area is 282 Å². The summed E-state index contributed by atoms with van der Waals surface area (Å²) in [5.74, 6) is 0.952. The topological polar surface area (TPSA) is 91.2 Å². The van der Waals surface area contributed by atoms with Gasteiger partial charge in [-0.1, -0.05) is 47.7 Å². The Bertz CT molecular complexity index is 2180. The summed E-state index contributed by atoms with van der Waals surface area (Å²) in [6, 6.07) is 25.2. The number of nitrogens with one attached hydrogen (secondary N) is 1. The summed E-state index contributed by atoms with van der Waals surface area (Å²) >= 11 is 4.81. The molecule has 0 spiro atoms. The Morgan fingerprint density at radius 2 is 1.77 bits per heavy atom. The number of amides is 1. The number of thiazole rings is 1. The molecule has 0 saturated heterocycles. The van der Waals surface area contributed by atoms with Gasteiger partial charge < -0.3 is 19.5 Å². The molecular weight excluding hydrogens is 685 g/mol. The molecule has 238 valence electrons. The Balaban J connectivity index is 1.40. The van der Waals surface area contributed by atoms with Crippen LogP contribution < -0.4 is 34.4 Å². The molecule has 1 aliphatic heterocycles. The molecule has 0 radical (unpaired) electrons. The first-order valence-electron chi connectivity index (χ1n) is 14.5. The second kappa shape index (κ2) is 13.8. The van der Waals surface area contributed by atoms with Gasteiger partial charge in [0.1, 0.15) is 35.7 Å². The SMILES string of the molecule is COc1ccc([C@H]2C(C(=O)Nc3ccccc3)=C(C)N=c3s/c(=C\c4ccc(OCc5ccc(F)cc5)c(Br)c4)c(=O)n32)c(OC)c1. The largest absolute Gasteiger partial charge is 0.497 e. The maximum absolute atomic E-state index is 14.2. The van der Waals surface area contributed by atoms with Gasteiger partial charge in [0.05, 0.1) is 34.5 Å². The number of anilines is 1. The number of allylic oxidation sites excluding steroid dienone is 1. The monoisotopic (exact) mass is 713 g/mol. The molecular formula is C36H29BrFN3O5S. The summed E-state index contributed by atoms with van der Waals surface area (Å²) in [5, 5.41) is 2.96. The number of carbonyl (C=O) groups is 1. The third-order valence-electron chi connectivity index (χ3n) is 7.59. The molecule has 1 amide bonds. The van der Waals surface area contributed by atoms with Crippen LogP contribution in [-0.4, -0.2) is 24.7 Å². The molecule has 8 nitrogen and oxygen atoms in total. The third kappa shape index (κ3) is 6.77. The van der Waals surface area contributed by atoms with Gasteiger partial charge in [0.25, 0.3) is 11.5 Å². The van der Waals surface area contributed by atoms with Gasteiger partial charge in [0.15, 0.2) is 4.80 Å². The van der Waals surface area contributed by atoms with Crippen molar-refractivity contribution in [2.75, 3.05) is 19.5 Å². The molecule has 0 fully saturated rings. The van der Waals surface area contributed by atoms with E-state index in [1.54, 1.807) is 73.2 Å². The van der Waals surface area contributed by atoms with E-state index in [9.17, 15) is 14.0 Å². The highest BCUT2D eigenvalue weighted by molar-refractivity contribution is 9.10. The van der Waals surface area contributed by atoms with Gasteiger partial charge in [-0.25, -0.2) is 9.38 Å². The summed E-state index contributed by atoms with van der Waals surface area (Å²) in [6.45, 7) is 2.03. The fourth-order valence-corrected chi connectivity index (χ4v) is 6.84. The number of methoxy groups -OCH3 is 2. The highest BCUT2D eigenvalue weighted by Gasteiger charge is 2.34. The minimum absolute atomic E-state index is 0.269. The first-order chi connectivity index (χ1) is 22.7. The number of carbonyl (C=O) groups excluding carboxylic acids is 1. The number of rotatable bonds is 9. The molecule has 47 heavy (non-hydrogen) atoms. The molecule has 0 unspecified atom stereocenters. The van der Waals surface area contributed by atoms with Crippen molar-refractivity contribution in [3.63, 3.8) is 0 Å². The first-order valence-corrected chi connectivity index (χ1v) is 16.1. The normalized spacial score (nSPS) is 14.3. The molecule has 6 rings (SSSR count). The highest BCUT2D eigenvalue weighted by Crippen LogP contribution is 2.37. The van der Waals surface area contributed by atoms with Crippen LogP contribution in [-0.2, 0) is 11.4 Å². The second-order valence-corrected chi connectivity index (χ2v) is 12.5. The van der Waals surface area contributed by atoms with E-state index in [2.05, 4.69) is 21.2 Å². The van der Waals surface area contributed by atoms with Crippen molar-refractivity contribution >= 4 is 44.9 Å². The minimum atomic E-state index is -0.827. The van der Waals surface area contributed by atoms with Crippen LogP contribution in [0, 0.1) is 5.82 Å². The fourth-order valence-electron chi connectivity index (χ4n) is 5.29. The van der Waals surface area contributed by atoms with Gasteiger partial charge in [-0.05, 0) is 88.6 Å². The number of aromatic nitrogens is 1. The van der Waals surface area contributed by atoms with E-state index < -0.39 is 6.04 Å². The Morgan fingerprint density at radius 3 is 2.47 bits per heavy atom. The molecule has 5 aromatic rings. The molecule has 1 aromatic heterocycles. The van der Waals surface area contributed by atoms with Gasteiger partial charge >= 0.3 is 0 Å². The van der Waals surface area contributed by atoms with Crippen LogP contribution in [0.1, 0.15) is 29.7 Å². The zero-order chi connectivity index (χ0) is 33.1. The number of para-hydroxylation sites is 1. The Hall–Kier alpha value is -5.00. The van der Waals surface area contributed by atoms with Gasteiger partial charge in [-0.3, -0.25) is 14.2 Å². The van der Waals surface area contributed by atoms with E-state index in [0.29, 0.717) is 53.6 Å². The van der Waals surface area contributed by atoms with E-state index in [-0.39, 0.29) is 23.9 Å². The van der Waals surface area contributed by atoms with Gasteiger partial charge in [-0.2, -0.15) is 0 Å². The summed E-state index contributed by atoms with van der Waals surface area (Å²) in [5.41, 5.74) is 3.32. The van der Waals surface area contributed by atoms with E-state index in [4.69, 9.17) is 19.2 Å². The average molecular weight is 715 g/mol. The standard InChI is InChI=1S/C36H29BrFN3O5S/c1-21-32(34(42)40-25-7-5-4-6-8-25)33(27-15-14-26(44-2)19-30(27)45-3)41-35(43)31(47-36(41)39-21)18-23-11-16-29(28(37)17-23)46-20-22-9-12-24(38)13-10-22/h4-19,33H,20H2,1-3H3,(H,40,42)/b31-18-/t33-/m0/s1. The minimum Gasteiger partial charge on any atom is -0.497 e.